The first-order valence-corrected chi connectivity index (χ1v) is 22.9. The molecule has 14 heteroatoms. The number of aliphatic hydroxyl groups excluding tert-OH is 1. The maximum atomic E-state index is 13.8. The Morgan fingerprint density at radius 2 is 0.985 bits per heavy atom. The summed E-state index contributed by atoms with van der Waals surface area (Å²) in [6.45, 7) is 1.26. The zero-order chi connectivity index (χ0) is 46.1. The van der Waals surface area contributed by atoms with Crippen LogP contribution in [0.15, 0.2) is 157 Å². The Labute approximate surface area is 389 Å². The molecule has 2 saturated heterocycles. The van der Waals surface area contributed by atoms with E-state index in [1.807, 2.05) is 152 Å². The van der Waals surface area contributed by atoms with Crippen molar-refractivity contribution in [2.45, 2.75) is 112 Å². The van der Waals surface area contributed by atoms with Crippen LogP contribution in [0.5, 0.6) is 0 Å². The number of rotatable bonds is 22. The highest BCUT2D eigenvalue weighted by atomic mass is 32.2. The fourth-order valence-electron chi connectivity index (χ4n) is 7.71. The van der Waals surface area contributed by atoms with E-state index in [1.165, 1.54) is 25.8 Å². The van der Waals surface area contributed by atoms with E-state index in [0.29, 0.717) is 0 Å². The third-order valence-electron chi connectivity index (χ3n) is 11.1. The molecular formula is C52H56O13S. The van der Waals surface area contributed by atoms with E-state index in [1.54, 1.807) is 0 Å². The second kappa shape index (κ2) is 25.0. The lowest BCUT2D eigenvalue weighted by Crippen LogP contribution is -2.66. The predicted octanol–water partition coefficient (Wildman–Crippen LogP) is 7.40. The highest BCUT2D eigenvalue weighted by Gasteiger charge is 2.56. The Bertz CT molecular complexity index is 2220. The Kier molecular flexibility index (Phi) is 18.5. The molecule has 13 nitrogen and oxygen atoms in total. The number of aliphatic hydroxyl groups is 1. The Morgan fingerprint density at radius 3 is 1.44 bits per heavy atom. The minimum absolute atomic E-state index is 0.0151. The molecular weight excluding hydrogens is 865 g/mol. The molecule has 7 rings (SSSR count). The number of carbonyl (C=O) groups is 3. The third kappa shape index (κ3) is 13.7. The van der Waals surface area contributed by atoms with Crippen molar-refractivity contribution < 1.29 is 62.1 Å². The van der Waals surface area contributed by atoms with Gasteiger partial charge in [0.15, 0.2) is 18.5 Å². The molecule has 2 heterocycles. The van der Waals surface area contributed by atoms with Crippen molar-refractivity contribution in [1.82, 2.24) is 0 Å². The van der Waals surface area contributed by atoms with Crippen LogP contribution in [0.25, 0.3) is 0 Å². The van der Waals surface area contributed by atoms with Gasteiger partial charge in [0, 0.05) is 11.3 Å². The van der Waals surface area contributed by atoms with Gasteiger partial charge in [-0.1, -0.05) is 151 Å². The Hall–Kier alpha value is -5.26. The number of Topliss-reactive ketones (excluding diaryl/α,β-unsaturated/α-hetero) is 1. The van der Waals surface area contributed by atoms with Crippen LogP contribution in [0.3, 0.4) is 0 Å². The van der Waals surface area contributed by atoms with Crippen molar-refractivity contribution in [3.8, 4) is 0 Å². The zero-order valence-corrected chi connectivity index (χ0v) is 37.7. The average Bonchev–Trinajstić information content (AvgIpc) is 3.35. The minimum Gasteiger partial charge on any atom is -0.467 e. The molecule has 0 saturated carbocycles. The van der Waals surface area contributed by atoms with E-state index >= 15 is 0 Å². The fraction of sp³-hybridized carbons (Fsp3) is 0.365. The molecule has 5 aromatic carbocycles. The number of methoxy groups -OCH3 is 1. The number of carbonyl (C=O) groups excluding carboxylic acids is 3. The molecule has 0 bridgehead atoms. The highest BCUT2D eigenvalue weighted by molar-refractivity contribution is 7.99. The molecule has 0 spiro atoms. The smallest absolute Gasteiger partial charge is 0.339 e. The van der Waals surface area contributed by atoms with E-state index in [2.05, 4.69) is 0 Å². The Balaban J connectivity index is 1.30. The average molecular weight is 921 g/mol. The van der Waals surface area contributed by atoms with Crippen molar-refractivity contribution in [3.05, 3.63) is 174 Å². The lowest BCUT2D eigenvalue weighted by Gasteiger charge is -2.49. The predicted molar refractivity (Wildman–Crippen MR) is 243 cm³/mol. The summed E-state index contributed by atoms with van der Waals surface area (Å²) in [5, 5.41) is 11.2. The topological polar surface area (TPSA) is 155 Å². The number of hydrogen-bond donors (Lipinski definition) is 1. The molecule has 5 aromatic rings. The first-order chi connectivity index (χ1) is 32.3. The number of benzene rings is 5. The van der Waals surface area contributed by atoms with Crippen LogP contribution in [-0.4, -0.2) is 97.1 Å². The van der Waals surface area contributed by atoms with Gasteiger partial charge in [-0.3, -0.25) is 4.79 Å². The molecule has 10 atom stereocenters. The van der Waals surface area contributed by atoms with E-state index in [0.717, 1.165) is 27.1 Å². The van der Waals surface area contributed by atoms with Crippen LogP contribution in [-0.2, 0) is 83.4 Å². The molecule has 0 aliphatic carbocycles. The van der Waals surface area contributed by atoms with Gasteiger partial charge < -0.3 is 52.5 Å². The second-order valence-electron chi connectivity index (χ2n) is 15.9. The van der Waals surface area contributed by atoms with Gasteiger partial charge in [0.25, 0.3) is 0 Å². The fourth-order valence-corrected chi connectivity index (χ4v) is 8.86. The number of thioether (sulfide) groups is 1. The molecule has 0 unspecified atom stereocenters. The zero-order valence-electron chi connectivity index (χ0n) is 36.9. The lowest BCUT2D eigenvalue weighted by molar-refractivity contribution is -0.350. The molecule has 0 aromatic heterocycles. The number of esters is 2. The number of ketones is 1. The van der Waals surface area contributed by atoms with E-state index < -0.39 is 79.1 Å². The number of hydrogen-bond acceptors (Lipinski definition) is 14. The van der Waals surface area contributed by atoms with Crippen molar-refractivity contribution in [2.75, 3.05) is 13.7 Å². The largest absolute Gasteiger partial charge is 0.467 e. The van der Waals surface area contributed by atoms with Crippen LogP contribution in [0.4, 0.5) is 0 Å². The van der Waals surface area contributed by atoms with Gasteiger partial charge in [-0.15, -0.1) is 0 Å². The van der Waals surface area contributed by atoms with E-state index in [9.17, 15) is 19.5 Å². The summed E-state index contributed by atoms with van der Waals surface area (Å²) in [5.41, 5.74) is 2.68. The SMILES string of the molecule is COC(=O)[C@H]1O[C@@H](O[C@H]2[C@H](OCc3ccccc3)[C@H](OCc3ccccc3)[C@H](Sc3ccccc3)O[C@@H]2CO)[C@@H](OCc2ccccc2)[C@@H](OCc2ccccc2)[C@@H]1OC(=O)CCC(C)=O. The van der Waals surface area contributed by atoms with Gasteiger partial charge in [-0.2, -0.15) is 0 Å². The maximum Gasteiger partial charge on any atom is 0.339 e. The summed E-state index contributed by atoms with van der Waals surface area (Å²) in [4.78, 5) is 40.1. The summed E-state index contributed by atoms with van der Waals surface area (Å²) in [7, 11) is 1.19. The Morgan fingerprint density at radius 1 is 0.545 bits per heavy atom. The highest BCUT2D eigenvalue weighted by Crippen LogP contribution is 2.40. The molecule has 2 aliphatic heterocycles. The van der Waals surface area contributed by atoms with Crippen LogP contribution in [0.1, 0.15) is 42.0 Å². The van der Waals surface area contributed by atoms with Crippen molar-refractivity contribution in [3.63, 3.8) is 0 Å². The van der Waals surface area contributed by atoms with Crippen LogP contribution < -0.4 is 0 Å². The van der Waals surface area contributed by atoms with Crippen molar-refractivity contribution >= 4 is 29.5 Å². The summed E-state index contributed by atoms with van der Waals surface area (Å²) < 4.78 is 58.7. The summed E-state index contributed by atoms with van der Waals surface area (Å²) >= 11 is 1.43. The normalized spacial score (nSPS) is 25.1. The summed E-state index contributed by atoms with van der Waals surface area (Å²) in [5.74, 6) is -1.84. The second-order valence-corrected chi connectivity index (χ2v) is 17.1. The van der Waals surface area contributed by atoms with Crippen molar-refractivity contribution in [1.29, 1.82) is 0 Å². The van der Waals surface area contributed by atoms with Gasteiger partial charge in [0.2, 0.25) is 0 Å². The molecule has 0 radical (unpaired) electrons. The molecule has 2 fully saturated rings. The minimum atomic E-state index is -1.59. The quantitative estimate of drug-likeness (QED) is 0.0686. The van der Waals surface area contributed by atoms with Crippen LogP contribution >= 0.6 is 11.8 Å². The molecule has 0 amide bonds. The summed E-state index contributed by atoms with van der Waals surface area (Å²) in [6.07, 6.45) is -11.1. The lowest BCUT2D eigenvalue weighted by atomic mass is 9.96. The van der Waals surface area contributed by atoms with Gasteiger partial charge in [0.1, 0.15) is 47.8 Å². The van der Waals surface area contributed by atoms with Gasteiger partial charge >= 0.3 is 11.9 Å². The molecule has 1 N–H and O–H groups in total. The van der Waals surface area contributed by atoms with Gasteiger partial charge in [-0.05, 0) is 41.3 Å². The monoisotopic (exact) mass is 920 g/mol. The van der Waals surface area contributed by atoms with Crippen molar-refractivity contribution in [2.24, 2.45) is 0 Å². The molecule has 66 heavy (non-hydrogen) atoms. The summed E-state index contributed by atoms with van der Waals surface area (Å²) in [6, 6.07) is 47.8. The first-order valence-electron chi connectivity index (χ1n) is 22.0. The maximum absolute atomic E-state index is 13.8. The molecule has 348 valence electrons. The van der Waals surface area contributed by atoms with Gasteiger partial charge in [-0.25, -0.2) is 4.79 Å². The molecule has 2 aliphatic rings. The van der Waals surface area contributed by atoms with E-state index in [-0.39, 0.29) is 45.1 Å². The van der Waals surface area contributed by atoms with Gasteiger partial charge in [0.05, 0.1) is 46.6 Å². The third-order valence-corrected chi connectivity index (χ3v) is 12.2. The van der Waals surface area contributed by atoms with Crippen LogP contribution in [0, 0.1) is 0 Å². The first kappa shape index (κ1) is 48.7. The number of ether oxygens (including phenoxy) is 9. The van der Waals surface area contributed by atoms with Crippen LogP contribution in [0.2, 0.25) is 0 Å². The standard InChI is InChI=1S/C52H56O13S/c1-35(54)28-29-42(55)63-46-45(59-32-37-20-10-4-11-21-37)48(60-33-38-22-12-5-13-23-38)51(65-47(46)50(56)57-2)64-43-41(30-53)62-52(66-40-26-16-7-17-27-40)49(61-34-39-24-14-6-15-25-39)44(43)58-31-36-18-8-3-9-19-36/h3-27,41,43-49,51-53H,28-34H2,1-2H3/t41-,43-,44+,45+,46+,47+,48+,49+,51-,52+/m1/s1. The van der Waals surface area contributed by atoms with E-state index in [4.69, 9.17) is 42.6 Å².